The number of rotatable bonds is 6. The Morgan fingerprint density at radius 3 is 2.42 bits per heavy atom. The van der Waals surface area contributed by atoms with Crippen LogP contribution in [0.15, 0.2) is 0 Å². The Kier molecular flexibility index (Phi) is 6.15. The van der Waals surface area contributed by atoms with Gasteiger partial charge in [-0.2, -0.15) is 0 Å². The molecular weight excluding hydrogens is 232 g/mol. The summed E-state index contributed by atoms with van der Waals surface area (Å²) in [4.78, 5) is 0. The molecule has 1 atom stereocenters. The molecule has 2 N–H and O–H groups in total. The van der Waals surface area contributed by atoms with Crippen LogP contribution in [-0.2, 0) is 0 Å². The van der Waals surface area contributed by atoms with Gasteiger partial charge in [0.15, 0.2) is 0 Å². The Morgan fingerprint density at radius 1 is 1.00 bits per heavy atom. The number of hydrogen-bond acceptors (Lipinski definition) is 2. The first-order chi connectivity index (χ1) is 9.18. The van der Waals surface area contributed by atoms with Gasteiger partial charge in [-0.25, -0.2) is 0 Å². The van der Waals surface area contributed by atoms with Gasteiger partial charge in [-0.15, -0.1) is 0 Å². The predicted octanol–water partition coefficient (Wildman–Crippen LogP) is 3.71. The van der Waals surface area contributed by atoms with E-state index >= 15 is 0 Å². The van der Waals surface area contributed by atoms with Gasteiger partial charge in [0.05, 0.1) is 0 Å². The molecule has 0 aromatic carbocycles. The van der Waals surface area contributed by atoms with Gasteiger partial charge in [0.25, 0.3) is 0 Å². The van der Waals surface area contributed by atoms with Crippen LogP contribution in [0, 0.1) is 11.3 Å². The normalized spacial score (nSPS) is 26.5. The van der Waals surface area contributed by atoms with Crippen molar-refractivity contribution in [3.05, 3.63) is 0 Å². The summed E-state index contributed by atoms with van der Waals surface area (Å²) >= 11 is 0. The fourth-order valence-electron chi connectivity index (χ4n) is 3.89. The Morgan fingerprint density at radius 2 is 1.74 bits per heavy atom. The Labute approximate surface area is 120 Å². The van der Waals surface area contributed by atoms with Crippen LogP contribution in [0.5, 0.6) is 0 Å². The second-order valence-electron chi connectivity index (χ2n) is 7.44. The van der Waals surface area contributed by atoms with Crippen LogP contribution < -0.4 is 10.6 Å². The minimum Gasteiger partial charge on any atom is -0.316 e. The molecule has 1 unspecified atom stereocenters. The summed E-state index contributed by atoms with van der Waals surface area (Å²) in [6.07, 6.45) is 12.8. The van der Waals surface area contributed by atoms with Gasteiger partial charge in [-0.3, -0.25) is 0 Å². The second kappa shape index (κ2) is 7.64. The maximum atomic E-state index is 3.73. The van der Waals surface area contributed by atoms with Crippen LogP contribution >= 0.6 is 0 Å². The van der Waals surface area contributed by atoms with Crippen molar-refractivity contribution in [2.75, 3.05) is 19.6 Å². The third-order valence-corrected chi connectivity index (χ3v) is 5.37. The molecule has 1 saturated carbocycles. The van der Waals surface area contributed by atoms with Crippen molar-refractivity contribution in [2.45, 2.75) is 77.7 Å². The van der Waals surface area contributed by atoms with E-state index in [1.165, 1.54) is 77.4 Å². The van der Waals surface area contributed by atoms with Crippen molar-refractivity contribution in [1.29, 1.82) is 0 Å². The topological polar surface area (TPSA) is 24.1 Å². The first-order valence-corrected chi connectivity index (χ1v) is 8.62. The van der Waals surface area contributed by atoms with E-state index in [4.69, 9.17) is 0 Å². The molecule has 2 nitrogen and oxygen atoms in total. The molecule has 0 bridgehead atoms. The van der Waals surface area contributed by atoms with Gasteiger partial charge in [0, 0.05) is 12.6 Å². The molecule has 0 aromatic rings. The van der Waals surface area contributed by atoms with Gasteiger partial charge in [-0.05, 0) is 56.5 Å². The largest absolute Gasteiger partial charge is 0.316 e. The molecule has 1 aliphatic heterocycles. The lowest BCUT2D eigenvalue weighted by molar-refractivity contribution is 0.153. The van der Waals surface area contributed by atoms with E-state index in [1.807, 2.05) is 0 Å². The van der Waals surface area contributed by atoms with Crippen molar-refractivity contribution >= 4 is 0 Å². The lowest BCUT2D eigenvalue weighted by Crippen LogP contribution is -2.40. The molecule has 0 radical (unpaired) electrons. The minimum absolute atomic E-state index is 0.487. The van der Waals surface area contributed by atoms with E-state index in [0.29, 0.717) is 5.41 Å². The van der Waals surface area contributed by atoms with Gasteiger partial charge in [0.1, 0.15) is 0 Å². The maximum absolute atomic E-state index is 3.73. The van der Waals surface area contributed by atoms with Gasteiger partial charge >= 0.3 is 0 Å². The smallest absolute Gasteiger partial charge is 0.00791 e. The summed E-state index contributed by atoms with van der Waals surface area (Å²) in [5.74, 6) is 0.946. The second-order valence-corrected chi connectivity index (χ2v) is 7.44. The van der Waals surface area contributed by atoms with Crippen LogP contribution in [-0.4, -0.2) is 25.7 Å². The highest BCUT2D eigenvalue weighted by molar-refractivity contribution is 4.83. The fraction of sp³-hybridized carbons (Fsp3) is 1.00. The molecule has 112 valence electrons. The molecule has 19 heavy (non-hydrogen) atoms. The molecule has 2 heteroatoms. The summed E-state index contributed by atoms with van der Waals surface area (Å²) in [5.41, 5.74) is 0.487. The summed E-state index contributed by atoms with van der Waals surface area (Å²) in [5, 5.41) is 7.37. The first-order valence-electron chi connectivity index (χ1n) is 8.62. The average molecular weight is 266 g/mol. The highest BCUT2D eigenvalue weighted by Gasteiger charge is 2.30. The first kappa shape index (κ1) is 15.3. The standard InChI is InChI=1S/C17H34N2/c1-17(2,15-8-4-3-5-9-15)14-18-13-11-16-10-6-7-12-19-16/h15-16,18-19H,3-14H2,1-2H3. The number of nitrogens with one attached hydrogen (secondary N) is 2. The zero-order chi connectivity index (χ0) is 13.6. The van der Waals surface area contributed by atoms with Crippen LogP contribution in [0.3, 0.4) is 0 Å². The zero-order valence-electron chi connectivity index (χ0n) is 13.1. The van der Waals surface area contributed by atoms with Crippen molar-refractivity contribution in [1.82, 2.24) is 10.6 Å². The molecule has 1 saturated heterocycles. The van der Waals surface area contributed by atoms with Crippen LogP contribution in [0.25, 0.3) is 0 Å². The van der Waals surface area contributed by atoms with Crippen molar-refractivity contribution in [2.24, 2.45) is 11.3 Å². The molecule has 2 aliphatic rings. The van der Waals surface area contributed by atoms with E-state index in [-0.39, 0.29) is 0 Å². The highest BCUT2D eigenvalue weighted by atomic mass is 14.9. The number of hydrogen-bond donors (Lipinski definition) is 2. The molecule has 1 aliphatic carbocycles. The van der Waals surface area contributed by atoms with E-state index in [9.17, 15) is 0 Å². The van der Waals surface area contributed by atoms with E-state index in [2.05, 4.69) is 24.5 Å². The van der Waals surface area contributed by atoms with Crippen LogP contribution in [0.1, 0.15) is 71.6 Å². The van der Waals surface area contributed by atoms with Gasteiger partial charge in [-0.1, -0.05) is 39.5 Å². The summed E-state index contributed by atoms with van der Waals surface area (Å²) < 4.78 is 0. The monoisotopic (exact) mass is 266 g/mol. The Balaban J connectivity index is 1.60. The van der Waals surface area contributed by atoms with Crippen molar-refractivity contribution in [3.8, 4) is 0 Å². The zero-order valence-corrected chi connectivity index (χ0v) is 13.1. The lowest BCUT2D eigenvalue weighted by atomic mass is 9.71. The summed E-state index contributed by atoms with van der Waals surface area (Å²) in [7, 11) is 0. The summed E-state index contributed by atoms with van der Waals surface area (Å²) in [6, 6.07) is 0.777. The highest BCUT2D eigenvalue weighted by Crippen LogP contribution is 2.37. The fourth-order valence-corrected chi connectivity index (χ4v) is 3.89. The number of piperidine rings is 1. The molecule has 0 amide bonds. The van der Waals surface area contributed by atoms with Crippen molar-refractivity contribution < 1.29 is 0 Å². The Hall–Kier alpha value is -0.0800. The third-order valence-electron chi connectivity index (χ3n) is 5.37. The van der Waals surface area contributed by atoms with Crippen molar-refractivity contribution in [3.63, 3.8) is 0 Å². The molecule has 0 spiro atoms. The summed E-state index contributed by atoms with van der Waals surface area (Å²) in [6.45, 7) is 8.56. The van der Waals surface area contributed by atoms with Gasteiger partial charge < -0.3 is 10.6 Å². The minimum atomic E-state index is 0.487. The SMILES string of the molecule is CC(C)(CNCCC1CCCCN1)C1CCCCC1. The Bertz CT molecular complexity index is 238. The van der Waals surface area contributed by atoms with Crippen LogP contribution in [0.4, 0.5) is 0 Å². The van der Waals surface area contributed by atoms with E-state index in [0.717, 1.165) is 12.0 Å². The van der Waals surface area contributed by atoms with E-state index in [1.54, 1.807) is 0 Å². The molecular formula is C17H34N2. The molecule has 2 fully saturated rings. The average Bonchev–Trinajstić information content (AvgIpc) is 2.46. The molecule has 1 heterocycles. The van der Waals surface area contributed by atoms with Crippen LogP contribution in [0.2, 0.25) is 0 Å². The third kappa shape index (κ3) is 5.07. The molecule has 2 rings (SSSR count). The van der Waals surface area contributed by atoms with E-state index < -0.39 is 0 Å². The van der Waals surface area contributed by atoms with Gasteiger partial charge in [0.2, 0.25) is 0 Å². The lowest BCUT2D eigenvalue weighted by Gasteiger charge is -2.37. The predicted molar refractivity (Wildman–Crippen MR) is 83.5 cm³/mol. The quantitative estimate of drug-likeness (QED) is 0.716. The molecule has 0 aromatic heterocycles. The maximum Gasteiger partial charge on any atom is 0.00791 e.